The van der Waals surface area contributed by atoms with Crippen LogP contribution >= 0.6 is 0 Å². The Bertz CT molecular complexity index is 294. The van der Waals surface area contributed by atoms with Crippen molar-refractivity contribution in [2.75, 3.05) is 6.54 Å². The van der Waals surface area contributed by atoms with Gasteiger partial charge in [0.1, 0.15) is 0 Å². The van der Waals surface area contributed by atoms with Gasteiger partial charge in [-0.2, -0.15) is 0 Å². The summed E-state index contributed by atoms with van der Waals surface area (Å²) in [6.45, 7) is 9.66. The fraction of sp³-hybridized carbons (Fsp3) is 0.846. The first-order valence-electron chi connectivity index (χ1n) is 6.54. The highest BCUT2D eigenvalue weighted by atomic mass is 16.4. The second-order valence-electron chi connectivity index (χ2n) is 5.22. The molecule has 3 atom stereocenters. The number of carboxylic acid groups (broad SMARTS) is 1. The quantitative estimate of drug-likeness (QED) is 0.655. The molecule has 0 aliphatic rings. The summed E-state index contributed by atoms with van der Waals surface area (Å²) in [5, 5.41) is 14.5. The predicted octanol–water partition coefficient (Wildman–Crippen LogP) is 2.22. The monoisotopic (exact) mass is 258 g/mol. The Hall–Kier alpha value is -1.26. The van der Waals surface area contributed by atoms with E-state index in [1.807, 2.05) is 6.92 Å². The number of hydrogen-bond acceptors (Lipinski definition) is 2. The molecule has 5 nitrogen and oxygen atoms in total. The van der Waals surface area contributed by atoms with Crippen LogP contribution in [0.5, 0.6) is 0 Å². The van der Waals surface area contributed by atoms with Crippen molar-refractivity contribution in [2.24, 2.45) is 11.3 Å². The summed E-state index contributed by atoms with van der Waals surface area (Å²) in [5.74, 6) is -0.493. The standard InChI is InChI=1S/C13H26N2O3/c1-6-9(3)10(4)15-12(18)14-8-13(5,7-2)11(16)17/h9-10H,6-8H2,1-5H3,(H,16,17)(H2,14,15,18). The number of carbonyl (C=O) groups excluding carboxylic acids is 1. The van der Waals surface area contributed by atoms with E-state index in [2.05, 4.69) is 24.5 Å². The van der Waals surface area contributed by atoms with Gasteiger partial charge in [-0.05, 0) is 26.2 Å². The number of urea groups is 1. The Balaban J connectivity index is 4.22. The van der Waals surface area contributed by atoms with Crippen molar-refractivity contribution in [3.05, 3.63) is 0 Å². The zero-order chi connectivity index (χ0) is 14.3. The highest BCUT2D eigenvalue weighted by Gasteiger charge is 2.31. The van der Waals surface area contributed by atoms with Gasteiger partial charge in [-0.1, -0.05) is 27.2 Å². The first kappa shape index (κ1) is 16.7. The van der Waals surface area contributed by atoms with Crippen LogP contribution in [0.4, 0.5) is 4.79 Å². The Morgan fingerprint density at radius 2 is 1.83 bits per heavy atom. The summed E-state index contributed by atoms with van der Waals surface area (Å²) in [7, 11) is 0. The van der Waals surface area contributed by atoms with Crippen molar-refractivity contribution in [3.8, 4) is 0 Å². The van der Waals surface area contributed by atoms with Crippen LogP contribution in [0, 0.1) is 11.3 Å². The maximum Gasteiger partial charge on any atom is 0.315 e. The molecule has 0 aliphatic heterocycles. The molecule has 0 aromatic carbocycles. The lowest BCUT2D eigenvalue weighted by molar-refractivity contribution is -0.147. The van der Waals surface area contributed by atoms with Crippen molar-refractivity contribution < 1.29 is 14.7 Å². The largest absolute Gasteiger partial charge is 0.481 e. The second-order valence-corrected chi connectivity index (χ2v) is 5.22. The number of hydrogen-bond donors (Lipinski definition) is 3. The minimum atomic E-state index is -0.906. The van der Waals surface area contributed by atoms with Crippen LogP contribution in [-0.2, 0) is 4.79 Å². The van der Waals surface area contributed by atoms with E-state index in [-0.39, 0.29) is 18.6 Å². The van der Waals surface area contributed by atoms with E-state index in [9.17, 15) is 9.59 Å². The lowest BCUT2D eigenvalue weighted by Gasteiger charge is -2.25. The molecule has 106 valence electrons. The first-order valence-corrected chi connectivity index (χ1v) is 6.54. The molecule has 0 saturated carbocycles. The number of rotatable bonds is 7. The minimum absolute atomic E-state index is 0.0766. The van der Waals surface area contributed by atoms with Gasteiger partial charge in [0.05, 0.1) is 5.41 Å². The van der Waals surface area contributed by atoms with Gasteiger partial charge in [0.25, 0.3) is 0 Å². The third-order valence-corrected chi connectivity index (χ3v) is 3.79. The molecule has 0 aliphatic carbocycles. The molecule has 0 fully saturated rings. The Labute approximate surface area is 109 Å². The molecule has 0 heterocycles. The number of aliphatic carboxylic acids is 1. The summed E-state index contributed by atoms with van der Waals surface area (Å²) in [6.07, 6.45) is 1.47. The third-order valence-electron chi connectivity index (χ3n) is 3.79. The fourth-order valence-electron chi connectivity index (χ4n) is 1.38. The molecule has 0 spiro atoms. The van der Waals surface area contributed by atoms with Gasteiger partial charge in [0.15, 0.2) is 0 Å². The van der Waals surface area contributed by atoms with E-state index in [0.717, 1.165) is 6.42 Å². The van der Waals surface area contributed by atoms with E-state index in [0.29, 0.717) is 12.3 Å². The molecular weight excluding hydrogens is 232 g/mol. The summed E-state index contributed by atoms with van der Waals surface area (Å²) in [4.78, 5) is 22.7. The van der Waals surface area contributed by atoms with Gasteiger partial charge < -0.3 is 15.7 Å². The smallest absolute Gasteiger partial charge is 0.315 e. The topological polar surface area (TPSA) is 78.4 Å². The molecule has 18 heavy (non-hydrogen) atoms. The highest BCUT2D eigenvalue weighted by Crippen LogP contribution is 2.19. The molecule has 0 saturated heterocycles. The Morgan fingerprint density at radius 1 is 1.28 bits per heavy atom. The van der Waals surface area contributed by atoms with Crippen LogP contribution in [0.2, 0.25) is 0 Å². The van der Waals surface area contributed by atoms with E-state index >= 15 is 0 Å². The molecule has 0 bridgehead atoms. The molecule has 3 N–H and O–H groups in total. The van der Waals surface area contributed by atoms with Crippen molar-refractivity contribution in [1.29, 1.82) is 0 Å². The van der Waals surface area contributed by atoms with E-state index in [4.69, 9.17) is 5.11 Å². The number of nitrogens with one attached hydrogen (secondary N) is 2. The van der Waals surface area contributed by atoms with Crippen molar-refractivity contribution in [3.63, 3.8) is 0 Å². The summed E-state index contributed by atoms with van der Waals surface area (Å²) in [5.41, 5.74) is -0.906. The van der Waals surface area contributed by atoms with E-state index in [1.54, 1.807) is 13.8 Å². The maximum atomic E-state index is 11.6. The van der Waals surface area contributed by atoms with Crippen LogP contribution in [0.15, 0.2) is 0 Å². The fourth-order valence-corrected chi connectivity index (χ4v) is 1.38. The van der Waals surface area contributed by atoms with Crippen LogP contribution < -0.4 is 10.6 Å². The number of amides is 2. The zero-order valence-corrected chi connectivity index (χ0v) is 12.0. The molecular formula is C13H26N2O3. The summed E-state index contributed by atoms with van der Waals surface area (Å²) < 4.78 is 0. The molecule has 0 rings (SSSR count). The Kier molecular flexibility index (Phi) is 6.73. The van der Waals surface area contributed by atoms with Gasteiger partial charge in [-0.25, -0.2) is 4.79 Å². The highest BCUT2D eigenvalue weighted by molar-refractivity contribution is 5.77. The number of carboxylic acids is 1. The van der Waals surface area contributed by atoms with Gasteiger partial charge in [0, 0.05) is 12.6 Å². The van der Waals surface area contributed by atoms with Gasteiger partial charge in [-0.15, -0.1) is 0 Å². The zero-order valence-electron chi connectivity index (χ0n) is 12.0. The SMILES string of the molecule is CCC(C)C(C)NC(=O)NCC(C)(CC)C(=O)O. The summed E-state index contributed by atoms with van der Waals surface area (Å²) in [6, 6.07) is -0.226. The normalized spacial score (nSPS) is 17.4. The van der Waals surface area contributed by atoms with Crippen LogP contribution in [0.3, 0.4) is 0 Å². The van der Waals surface area contributed by atoms with Crippen molar-refractivity contribution in [1.82, 2.24) is 10.6 Å². The van der Waals surface area contributed by atoms with E-state index in [1.165, 1.54) is 0 Å². The first-order chi connectivity index (χ1) is 8.26. The third kappa shape index (κ3) is 4.94. The predicted molar refractivity (Wildman–Crippen MR) is 71.5 cm³/mol. The van der Waals surface area contributed by atoms with Crippen molar-refractivity contribution in [2.45, 2.75) is 53.5 Å². The molecule has 3 unspecified atom stereocenters. The summed E-state index contributed by atoms with van der Waals surface area (Å²) >= 11 is 0. The average Bonchev–Trinajstić information content (AvgIpc) is 2.34. The average molecular weight is 258 g/mol. The molecule has 0 aromatic rings. The van der Waals surface area contributed by atoms with E-state index < -0.39 is 11.4 Å². The minimum Gasteiger partial charge on any atom is -0.481 e. The molecule has 5 heteroatoms. The van der Waals surface area contributed by atoms with Crippen LogP contribution in [0.1, 0.15) is 47.5 Å². The molecule has 2 amide bonds. The lowest BCUT2D eigenvalue weighted by Crippen LogP contribution is -2.48. The van der Waals surface area contributed by atoms with Crippen LogP contribution in [0.25, 0.3) is 0 Å². The molecule has 0 radical (unpaired) electrons. The Morgan fingerprint density at radius 3 is 2.22 bits per heavy atom. The van der Waals surface area contributed by atoms with Gasteiger partial charge in [0.2, 0.25) is 0 Å². The van der Waals surface area contributed by atoms with Crippen LogP contribution in [-0.4, -0.2) is 29.7 Å². The number of carbonyl (C=O) groups is 2. The second kappa shape index (κ2) is 7.24. The lowest BCUT2D eigenvalue weighted by atomic mass is 9.88. The maximum absolute atomic E-state index is 11.6. The van der Waals surface area contributed by atoms with Gasteiger partial charge in [-0.3, -0.25) is 4.79 Å². The molecule has 0 aromatic heterocycles. The van der Waals surface area contributed by atoms with Gasteiger partial charge >= 0.3 is 12.0 Å². The van der Waals surface area contributed by atoms with Crippen molar-refractivity contribution >= 4 is 12.0 Å².